The minimum absolute atomic E-state index is 0.0560. The molecule has 5 aromatic rings. The molecule has 6 nitrogen and oxygen atoms in total. The topological polar surface area (TPSA) is 62.7 Å². The number of likely N-dealkylation sites (N-methyl/N-ethyl adjacent to an activating group) is 1. The Morgan fingerprint density at radius 2 is 1.69 bits per heavy atom. The van der Waals surface area contributed by atoms with Gasteiger partial charge in [0, 0.05) is 37.8 Å². The Morgan fingerprint density at radius 1 is 0.844 bits per heavy atom. The molecule has 0 spiro atoms. The summed E-state index contributed by atoms with van der Waals surface area (Å²) in [5.41, 5.74) is 3.98. The van der Waals surface area contributed by atoms with Gasteiger partial charge in [-0.1, -0.05) is 23.8 Å². The van der Waals surface area contributed by atoms with Crippen LogP contribution in [0.15, 0.2) is 68.2 Å². The number of aromatic nitrogens is 1. The van der Waals surface area contributed by atoms with E-state index < -0.39 is 0 Å². The first-order valence-corrected chi connectivity index (χ1v) is 10.9. The maximum atomic E-state index is 12.9. The molecule has 0 saturated carbocycles. The molecule has 0 bridgehead atoms. The highest BCUT2D eigenvalue weighted by molar-refractivity contribution is 5.96. The summed E-state index contributed by atoms with van der Waals surface area (Å²) in [6, 6.07) is 18.0. The number of aryl methyl sites for hydroxylation is 1. The third-order valence-electron chi connectivity index (χ3n) is 6.28. The fourth-order valence-corrected chi connectivity index (χ4v) is 4.36. The third-order valence-corrected chi connectivity index (χ3v) is 6.28. The van der Waals surface area contributed by atoms with Crippen LogP contribution in [0.3, 0.4) is 0 Å². The molecule has 6 heteroatoms. The lowest BCUT2D eigenvalue weighted by Crippen LogP contribution is -2.44. The lowest BCUT2D eigenvalue weighted by Gasteiger charge is -2.31. The van der Waals surface area contributed by atoms with Crippen LogP contribution in [-0.4, -0.2) is 43.1 Å². The summed E-state index contributed by atoms with van der Waals surface area (Å²) in [5.74, 6) is 0.522. The number of rotatable bonds is 2. The van der Waals surface area contributed by atoms with Gasteiger partial charge in [0.2, 0.25) is 0 Å². The van der Waals surface area contributed by atoms with Crippen LogP contribution < -0.4 is 10.3 Å². The fourth-order valence-electron chi connectivity index (χ4n) is 4.36. The van der Waals surface area contributed by atoms with E-state index in [9.17, 15) is 4.79 Å². The second-order valence-electron chi connectivity index (χ2n) is 8.64. The van der Waals surface area contributed by atoms with Crippen LogP contribution in [0, 0.1) is 6.92 Å². The summed E-state index contributed by atoms with van der Waals surface area (Å²) >= 11 is 0. The molecule has 0 aliphatic carbocycles. The van der Waals surface area contributed by atoms with Crippen LogP contribution in [-0.2, 0) is 0 Å². The number of anilines is 1. The molecule has 160 valence electrons. The Hall–Kier alpha value is -3.64. The molecular formula is C26H23N3O3. The first-order chi connectivity index (χ1) is 15.5. The van der Waals surface area contributed by atoms with Gasteiger partial charge in [-0.05, 0) is 55.1 Å². The van der Waals surface area contributed by atoms with Crippen molar-refractivity contribution in [2.75, 3.05) is 38.1 Å². The average molecular weight is 425 g/mol. The number of hydrogen-bond acceptors (Lipinski definition) is 6. The van der Waals surface area contributed by atoms with E-state index >= 15 is 0 Å². The number of hydrogen-bond donors (Lipinski definition) is 0. The third kappa shape index (κ3) is 3.24. The van der Waals surface area contributed by atoms with Gasteiger partial charge in [0.1, 0.15) is 16.9 Å². The molecule has 0 unspecified atom stereocenters. The number of oxazole rings is 1. The van der Waals surface area contributed by atoms with Crippen LogP contribution >= 0.6 is 0 Å². The molecule has 3 heterocycles. The minimum atomic E-state index is -0.0560. The predicted molar refractivity (Wildman–Crippen MR) is 127 cm³/mol. The zero-order valence-corrected chi connectivity index (χ0v) is 18.1. The van der Waals surface area contributed by atoms with Crippen LogP contribution in [0.1, 0.15) is 5.56 Å². The molecule has 0 N–H and O–H groups in total. The minimum Gasteiger partial charge on any atom is -0.456 e. The van der Waals surface area contributed by atoms with Gasteiger partial charge in [0.05, 0.1) is 5.39 Å². The van der Waals surface area contributed by atoms with Crippen molar-refractivity contribution >= 4 is 38.9 Å². The Bertz CT molecular complexity index is 1540. The predicted octanol–water partition coefficient (Wildman–Crippen LogP) is 4.81. The van der Waals surface area contributed by atoms with Crippen molar-refractivity contribution in [3.63, 3.8) is 0 Å². The van der Waals surface area contributed by atoms with Crippen molar-refractivity contribution in [1.82, 2.24) is 9.88 Å². The SMILES string of the molecule is Cc1ccc2cc3c(=O)cc(-c4ccc5nc(N6CCN(C)CC6)oc5c4)oc3cc2c1. The van der Waals surface area contributed by atoms with E-state index in [1.807, 2.05) is 42.5 Å². The Kier molecular flexibility index (Phi) is 4.30. The number of fused-ring (bicyclic) bond motifs is 3. The molecule has 1 fully saturated rings. The van der Waals surface area contributed by atoms with Gasteiger partial charge in [-0.15, -0.1) is 0 Å². The van der Waals surface area contributed by atoms with E-state index in [2.05, 4.69) is 34.8 Å². The summed E-state index contributed by atoms with van der Waals surface area (Å²) in [6.07, 6.45) is 0. The van der Waals surface area contributed by atoms with Crippen molar-refractivity contribution in [2.24, 2.45) is 0 Å². The normalized spacial score (nSPS) is 15.2. The molecule has 1 aliphatic heterocycles. The van der Waals surface area contributed by atoms with Crippen LogP contribution in [0.2, 0.25) is 0 Å². The molecule has 32 heavy (non-hydrogen) atoms. The van der Waals surface area contributed by atoms with Crippen molar-refractivity contribution in [3.8, 4) is 11.3 Å². The van der Waals surface area contributed by atoms with E-state index in [1.165, 1.54) is 5.56 Å². The first kappa shape index (κ1) is 19.1. The smallest absolute Gasteiger partial charge is 0.298 e. The molecular weight excluding hydrogens is 402 g/mol. The van der Waals surface area contributed by atoms with Gasteiger partial charge in [-0.25, -0.2) is 0 Å². The fraction of sp³-hybridized carbons (Fsp3) is 0.231. The van der Waals surface area contributed by atoms with Gasteiger partial charge in [0.25, 0.3) is 6.01 Å². The highest BCUT2D eigenvalue weighted by atomic mass is 16.4. The molecule has 3 aromatic carbocycles. The standard InChI is InChI=1S/C26H23N3O3/c1-16-3-4-17-12-20-22(30)15-23(31-24(20)14-19(17)11-16)18-5-6-21-25(13-18)32-26(27-21)29-9-7-28(2)8-10-29/h3-6,11-15H,7-10H2,1-2H3. The van der Waals surface area contributed by atoms with E-state index in [-0.39, 0.29) is 5.43 Å². The lowest BCUT2D eigenvalue weighted by atomic mass is 10.0. The van der Waals surface area contributed by atoms with Gasteiger partial charge in [-0.3, -0.25) is 4.79 Å². The maximum absolute atomic E-state index is 12.9. The number of nitrogens with zero attached hydrogens (tertiary/aromatic N) is 3. The van der Waals surface area contributed by atoms with Gasteiger partial charge in [-0.2, -0.15) is 4.98 Å². The molecule has 0 amide bonds. The average Bonchev–Trinajstić information content (AvgIpc) is 3.21. The van der Waals surface area contributed by atoms with Gasteiger partial charge in [0.15, 0.2) is 11.0 Å². The number of piperazine rings is 1. The van der Waals surface area contributed by atoms with Crippen molar-refractivity contribution in [1.29, 1.82) is 0 Å². The summed E-state index contributed by atoms with van der Waals surface area (Å²) < 4.78 is 12.3. The number of benzene rings is 3. The second-order valence-corrected chi connectivity index (χ2v) is 8.64. The summed E-state index contributed by atoms with van der Waals surface area (Å²) in [7, 11) is 2.12. The highest BCUT2D eigenvalue weighted by Gasteiger charge is 2.19. The molecule has 6 rings (SSSR count). The highest BCUT2D eigenvalue weighted by Crippen LogP contribution is 2.30. The van der Waals surface area contributed by atoms with Crippen LogP contribution in [0.4, 0.5) is 6.01 Å². The van der Waals surface area contributed by atoms with Crippen molar-refractivity contribution in [2.45, 2.75) is 6.92 Å². The zero-order chi connectivity index (χ0) is 21.8. The summed E-state index contributed by atoms with van der Waals surface area (Å²) in [4.78, 5) is 22.0. The van der Waals surface area contributed by atoms with E-state index in [0.29, 0.717) is 28.3 Å². The van der Waals surface area contributed by atoms with E-state index in [0.717, 1.165) is 48.0 Å². The Morgan fingerprint density at radius 3 is 2.53 bits per heavy atom. The van der Waals surface area contributed by atoms with E-state index in [1.54, 1.807) is 6.07 Å². The molecule has 1 saturated heterocycles. The second kappa shape index (κ2) is 7.21. The lowest BCUT2D eigenvalue weighted by molar-refractivity contribution is 0.305. The van der Waals surface area contributed by atoms with Gasteiger partial charge >= 0.3 is 0 Å². The van der Waals surface area contributed by atoms with Crippen molar-refractivity contribution < 1.29 is 8.83 Å². The quantitative estimate of drug-likeness (QED) is 0.378. The van der Waals surface area contributed by atoms with Crippen LogP contribution in [0.25, 0.3) is 44.2 Å². The van der Waals surface area contributed by atoms with Crippen LogP contribution in [0.5, 0.6) is 0 Å². The molecule has 1 aliphatic rings. The summed E-state index contributed by atoms with van der Waals surface area (Å²) in [6.45, 7) is 5.81. The monoisotopic (exact) mass is 425 g/mol. The molecule has 0 radical (unpaired) electrons. The molecule has 0 atom stereocenters. The first-order valence-electron chi connectivity index (χ1n) is 10.9. The zero-order valence-electron chi connectivity index (χ0n) is 18.1. The maximum Gasteiger partial charge on any atom is 0.298 e. The Balaban J connectivity index is 1.42. The van der Waals surface area contributed by atoms with Gasteiger partial charge < -0.3 is 18.6 Å². The molecule has 2 aromatic heterocycles. The Labute approximate surface area is 184 Å². The largest absolute Gasteiger partial charge is 0.456 e. The van der Waals surface area contributed by atoms with Crippen molar-refractivity contribution in [3.05, 3.63) is 70.4 Å². The summed E-state index contributed by atoms with van der Waals surface area (Å²) in [5, 5.41) is 2.67. The van der Waals surface area contributed by atoms with E-state index in [4.69, 9.17) is 8.83 Å².